The SMILES string of the molecule is C=C=C(O[C@H]1[C@@H]2OC(C)(C)O[C@@H]2CO[C@]12COC(C)(C)O2)C(Cc1ccc(OC)cc1)NS(=O)(=O)c1ccc(C)cc1. The van der Waals surface area contributed by atoms with E-state index in [1.54, 1.807) is 45.2 Å². The van der Waals surface area contributed by atoms with E-state index in [-0.39, 0.29) is 30.3 Å². The van der Waals surface area contributed by atoms with Crippen LogP contribution in [0.2, 0.25) is 0 Å². The van der Waals surface area contributed by atoms with Crippen LogP contribution in [0.5, 0.6) is 5.75 Å². The van der Waals surface area contributed by atoms with Crippen LogP contribution in [0.15, 0.2) is 71.5 Å². The van der Waals surface area contributed by atoms with Gasteiger partial charge >= 0.3 is 0 Å². The minimum absolute atomic E-state index is 0.0698. The van der Waals surface area contributed by atoms with E-state index in [9.17, 15) is 8.42 Å². The smallest absolute Gasteiger partial charge is 0.241 e. The van der Waals surface area contributed by atoms with Crippen molar-refractivity contribution in [1.29, 1.82) is 0 Å². The molecule has 1 unspecified atom stereocenters. The average molecular weight is 602 g/mol. The lowest BCUT2D eigenvalue weighted by atomic mass is 9.96. The fourth-order valence-corrected chi connectivity index (χ4v) is 6.66. The van der Waals surface area contributed by atoms with Crippen molar-refractivity contribution in [3.05, 3.63) is 77.7 Å². The fraction of sp³-hybridized carbons (Fsp3) is 0.516. The molecule has 1 spiro atoms. The number of nitrogens with one attached hydrogen (secondary N) is 1. The van der Waals surface area contributed by atoms with Crippen molar-refractivity contribution in [2.75, 3.05) is 20.3 Å². The molecule has 5 atom stereocenters. The monoisotopic (exact) mass is 601 g/mol. The molecule has 2 aromatic rings. The van der Waals surface area contributed by atoms with Gasteiger partial charge in [0.05, 0.1) is 24.7 Å². The third-order valence-corrected chi connectivity index (χ3v) is 8.94. The van der Waals surface area contributed by atoms with Crippen molar-refractivity contribution in [3.8, 4) is 5.75 Å². The molecule has 0 bridgehead atoms. The summed E-state index contributed by atoms with van der Waals surface area (Å²) in [5.41, 5.74) is 4.62. The third kappa shape index (κ3) is 6.44. The summed E-state index contributed by atoms with van der Waals surface area (Å²) in [6, 6.07) is 13.1. The van der Waals surface area contributed by atoms with Gasteiger partial charge < -0.3 is 33.2 Å². The largest absolute Gasteiger partial charge is 0.497 e. The summed E-state index contributed by atoms with van der Waals surface area (Å²) in [5.74, 6) is -2.35. The molecular formula is C31H39NO9S. The van der Waals surface area contributed by atoms with Gasteiger partial charge in [0.15, 0.2) is 23.4 Å². The van der Waals surface area contributed by atoms with Gasteiger partial charge in [0.2, 0.25) is 15.8 Å². The maximum atomic E-state index is 13.6. The number of methoxy groups -OCH3 is 1. The van der Waals surface area contributed by atoms with Crippen LogP contribution in [0.25, 0.3) is 0 Å². The Morgan fingerprint density at radius 2 is 1.74 bits per heavy atom. The standard InChI is InChI=1S/C31H39NO9S/c1-8-25(38-28-27-26(39-30(5,6)40-27)18-36-31(28)19-37-29(3,4)41-31)24(17-21-11-13-22(35-7)14-12-21)32-42(33,34)23-15-9-20(2)10-16-23/h9-16,24,26-28,32H,1,17-19H2,2-7H3/t24?,26-,27-,28+,31+/m1/s1. The second-order valence-electron chi connectivity index (χ2n) is 11.7. The Bertz CT molecular complexity index is 1430. The summed E-state index contributed by atoms with van der Waals surface area (Å²) in [7, 11) is -2.39. The van der Waals surface area contributed by atoms with Crippen LogP contribution < -0.4 is 9.46 Å². The summed E-state index contributed by atoms with van der Waals surface area (Å²) in [6.45, 7) is 13.2. The molecule has 0 aromatic heterocycles. The lowest BCUT2D eigenvalue weighted by molar-refractivity contribution is -0.329. The Morgan fingerprint density at radius 3 is 2.33 bits per heavy atom. The molecule has 3 aliphatic rings. The van der Waals surface area contributed by atoms with Crippen LogP contribution in [-0.4, -0.2) is 70.5 Å². The van der Waals surface area contributed by atoms with Crippen LogP contribution in [0.3, 0.4) is 0 Å². The molecular weight excluding hydrogens is 562 g/mol. The molecule has 228 valence electrons. The van der Waals surface area contributed by atoms with Gasteiger partial charge in [-0.05, 0) is 70.9 Å². The van der Waals surface area contributed by atoms with Gasteiger partial charge in [0, 0.05) is 0 Å². The van der Waals surface area contributed by atoms with Gasteiger partial charge in [-0.3, -0.25) is 0 Å². The average Bonchev–Trinajstić information content (AvgIpc) is 3.42. The summed E-state index contributed by atoms with van der Waals surface area (Å²) in [4.78, 5) is 0.123. The highest BCUT2D eigenvalue weighted by Crippen LogP contribution is 2.46. The van der Waals surface area contributed by atoms with Gasteiger partial charge in [-0.15, -0.1) is 0 Å². The summed E-state index contributed by atoms with van der Waals surface area (Å²) < 4.78 is 72.7. The maximum Gasteiger partial charge on any atom is 0.241 e. The third-order valence-electron chi connectivity index (χ3n) is 7.46. The summed E-state index contributed by atoms with van der Waals surface area (Å²) in [5, 5.41) is 0. The number of hydrogen-bond donors (Lipinski definition) is 1. The van der Waals surface area contributed by atoms with Gasteiger partial charge in [0.25, 0.3) is 0 Å². The Kier molecular flexibility index (Phi) is 8.34. The molecule has 11 heteroatoms. The topological polar surface area (TPSA) is 111 Å². The van der Waals surface area contributed by atoms with E-state index in [2.05, 4.69) is 17.0 Å². The predicted octanol–water partition coefficient (Wildman–Crippen LogP) is 3.98. The Morgan fingerprint density at radius 1 is 1.05 bits per heavy atom. The molecule has 0 saturated carbocycles. The first-order valence-corrected chi connectivity index (χ1v) is 15.4. The number of benzene rings is 2. The van der Waals surface area contributed by atoms with Crippen molar-refractivity contribution in [2.24, 2.45) is 0 Å². The molecule has 5 rings (SSSR count). The first-order chi connectivity index (χ1) is 19.7. The Balaban J connectivity index is 1.50. The predicted molar refractivity (Wildman–Crippen MR) is 153 cm³/mol. The highest BCUT2D eigenvalue weighted by Gasteiger charge is 2.64. The lowest BCUT2D eigenvalue weighted by Crippen LogP contribution is -2.63. The Hall–Kier alpha value is -2.73. The summed E-state index contributed by atoms with van der Waals surface area (Å²) in [6.07, 6.45) is -1.72. The number of rotatable bonds is 9. The van der Waals surface area contributed by atoms with Crippen molar-refractivity contribution in [1.82, 2.24) is 4.72 Å². The zero-order valence-electron chi connectivity index (χ0n) is 24.8. The van der Waals surface area contributed by atoms with E-state index in [0.29, 0.717) is 5.75 Å². The molecule has 1 N–H and O–H groups in total. The van der Waals surface area contributed by atoms with Gasteiger partial charge in [-0.25, -0.2) is 8.42 Å². The van der Waals surface area contributed by atoms with E-state index in [1.807, 2.05) is 45.0 Å². The minimum atomic E-state index is -3.97. The molecule has 3 aliphatic heterocycles. The van der Waals surface area contributed by atoms with Gasteiger partial charge in [0.1, 0.15) is 24.6 Å². The highest BCUT2D eigenvalue weighted by molar-refractivity contribution is 7.89. The molecule has 3 heterocycles. The number of fused-ring (bicyclic) bond motifs is 1. The van der Waals surface area contributed by atoms with E-state index >= 15 is 0 Å². The number of sulfonamides is 1. The molecule has 3 saturated heterocycles. The van der Waals surface area contributed by atoms with Crippen LogP contribution in [0.4, 0.5) is 0 Å². The number of aryl methyl sites for hydroxylation is 1. The number of hydrogen-bond acceptors (Lipinski definition) is 9. The maximum absolute atomic E-state index is 13.6. The molecule has 42 heavy (non-hydrogen) atoms. The zero-order chi connectivity index (χ0) is 30.3. The first kappa shape index (κ1) is 30.7. The van der Waals surface area contributed by atoms with E-state index in [4.69, 9.17) is 33.2 Å². The molecule has 0 aliphatic carbocycles. The van der Waals surface area contributed by atoms with Gasteiger partial charge in [-0.1, -0.05) is 42.1 Å². The highest BCUT2D eigenvalue weighted by atomic mass is 32.2. The van der Waals surface area contributed by atoms with Crippen LogP contribution in [0, 0.1) is 6.92 Å². The second kappa shape index (κ2) is 11.4. The minimum Gasteiger partial charge on any atom is -0.497 e. The van der Waals surface area contributed by atoms with Crippen molar-refractivity contribution < 1.29 is 41.6 Å². The Labute approximate surface area is 247 Å². The van der Waals surface area contributed by atoms with Crippen LogP contribution in [0.1, 0.15) is 38.8 Å². The van der Waals surface area contributed by atoms with Crippen molar-refractivity contribution >= 4 is 10.0 Å². The zero-order valence-corrected chi connectivity index (χ0v) is 25.7. The summed E-state index contributed by atoms with van der Waals surface area (Å²) >= 11 is 0. The van der Waals surface area contributed by atoms with Crippen molar-refractivity contribution in [3.63, 3.8) is 0 Å². The quantitative estimate of drug-likeness (QED) is 0.337. The molecule has 10 nitrogen and oxygen atoms in total. The van der Waals surface area contributed by atoms with E-state index in [1.165, 1.54) is 0 Å². The lowest BCUT2D eigenvalue weighted by Gasteiger charge is -2.44. The molecule has 3 fully saturated rings. The van der Waals surface area contributed by atoms with E-state index in [0.717, 1.165) is 11.1 Å². The van der Waals surface area contributed by atoms with Crippen molar-refractivity contribution in [2.45, 2.75) is 87.7 Å². The molecule has 0 radical (unpaired) electrons. The first-order valence-electron chi connectivity index (χ1n) is 13.9. The van der Waals surface area contributed by atoms with Crippen LogP contribution in [-0.2, 0) is 44.9 Å². The van der Waals surface area contributed by atoms with Crippen LogP contribution >= 0.6 is 0 Å². The molecule has 0 amide bonds. The number of ether oxygens (including phenoxy) is 7. The van der Waals surface area contributed by atoms with Gasteiger partial charge in [-0.2, -0.15) is 4.72 Å². The van der Waals surface area contributed by atoms with E-state index < -0.39 is 51.7 Å². The fourth-order valence-electron chi connectivity index (χ4n) is 5.46. The second-order valence-corrected chi connectivity index (χ2v) is 13.4. The molecule has 2 aromatic carbocycles. The normalized spacial score (nSPS) is 28.6.